The van der Waals surface area contributed by atoms with Crippen LogP contribution in [0.4, 0.5) is 5.69 Å². The highest BCUT2D eigenvalue weighted by Crippen LogP contribution is 2.08. The maximum Gasteiger partial charge on any atom is 0.337 e. The third-order valence-electron chi connectivity index (χ3n) is 1.01. The van der Waals surface area contributed by atoms with E-state index in [0.29, 0.717) is 0 Å². The fourth-order valence-corrected chi connectivity index (χ4v) is 0.534. The largest absolute Gasteiger partial charge is 0.478 e. The molecule has 0 saturated carbocycles. The van der Waals surface area contributed by atoms with Crippen LogP contribution in [0.3, 0.4) is 0 Å². The van der Waals surface area contributed by atoms with Crippen molar-refractivity contribution >= 4 is 11.7 Å². The zero-order valence-corrected chi connectivity index (χ0v) is 5.01. The molecule has 0 aliphatic carbocycles. The number of carboxylic acid groups (broad SMARTS) is 1. The first-order valence-corrected chi connectivity index (χ1v) is 2.54. The molecular formula is C7H7NO2. The fourth-order valence-electron chi connectivity index (χ4n) is 0.534. The molecule has 1 aromatic carbocycles. The Kier molecular flexibility index (Phi) is 0.862. The van der Waals surface area contributed by atoms with Gasteiger partial charge in [-0.05, 0) is 12.1 Å². The molecule has 3 nitrogen and oxygen atoms in total. The number of hydrogen-bond acceptors (Lipinski definition) is 2. The number of carboxylic acids is 1. The topological polar surface area (TPSA) is 63.3 Å². The smallest absolute Gasteiger partial charge is 0.337 e. The van der Waals surface area contributed by atoms with Crippen molar-refractivity contribution < 1.29 is 14.0 Å². The maximum absolute atomic E-state index is 10.5. The molecule has 0 amide bonds. The van der Waals surface area contributed by atoms with E-state index in [0.717, 1.165) is 6.07 Å². The number of benzene rings is 1. The second kappa shape index (κ2) is 2.39. The summed E-state index contributed by atoms with van der Waals surface area (Å²) in [6, 6.07) is -0.109. The minimum Gasteiger partial charge on any atom is -0.478 e. The van der Waals surface area contributed by atoms with E-state index in [9.17, 15) is 4.79 Å². The average molecular weight is 140 g/mol. The standard InChI is InChI=1S/C7H7NO2/c8-6-4-2-1-3-5(6)7(9)10/h1-4H,8H2,(H,9,10)/i1D,2D,4D. The van der Waals surface area contributed by atoms with Crippen LogP contribution in [0.5, 0.6) is 0 Å². The number of anilines is 1. The van der Waals surface area contributed by atoms with Gasteiger partial charge in [-0.2, -0.15) is 0 Å². The molecule has 3 heteroatoms. The quantitative estimate of drug-likeness (QED) is 0.571. The molecular weight excluding hydrogens is 130 g/mol. The molecule has 0 unspecified atom stereocenters. The van der Waals surface area contributed by atoms with Crippen molar-refractivity contribution in [2.45, 2.75) is 0 Å². The molecule has 0 radical (unpaired) electrons. The third kappa shape index (κ3) is 1.07. The summed E-state index contributed by atoms with van der Waals surface area (Å²) in [6.07, 6.45) is 0. The lowest BCUT2D eigenvalue weighted by Crippen LogP contribution is -2.00. The molecule has 3 N–H and O–H groups in total. The van der Waals surface area contributed by atoms with E-state index in [4.69, 9.17) is 15.0 Å². The van der Waals surface area contributed by atoms with Gasteiger partial charge in [0.25, 0.3) is 0 Å². The molecule has 0 aromatic heterocycles. The Labute approximate surface area is 62.3 Å². The van der Waals surface area contributed by atoms with Crippen molar-refractivity contribution in [1.29, 1.82) is 0 Å². The van der Waals surface area contributed by atoms with Crippen molar-refractivity contribution in [3.05, 3.63) is 29.8 Å². The third-order valence-corrected chi connectivity index (χ3v) is 1.01. The van der Waals surface area contributed by atoms with E-state index in [1.165, 1.54) is 0 Å². The lowest BCUT2D eigenvalue weighted by Gasteiger charge is -1.96. The van der Waals surface area contributed by atoms with Crippen molar-refractivity contribution in [3.8, 4) is 0 Å². The SMILES string of the molecule is [2H]c1cc(C(=O)O)c(N)c([2H])c1[2H]. The summed E-state index contributed by atoms with van der Waals surface area (Å²) in [6.45, 7) is 0. The maximum atomic E-state index is 10.5. The average Bonchev–Trinajstić information content (AvgIpc) is 2.07. The molecule has 1 aromatic rings. The van der Waals surface area contributed by atoms with Gasteiger partial charge in [0.05, 0.1) is 9.68 Å². The van der Waals surface area contributed by atoms with Crippen LogP contribution in [0.25, 0.3) is 0 Å². The van der Waals surface area contributed by atoms with E-state index < -0.39 is 12.0 Å². The molecule has 0 aliphatic rings. The Balaban J connectivity index is 3.50. The number of rotatable bonds is 1. The van der Waals surface area contributed by atoms with E-state index in [1.807, 2.05) is 0 Å². The molecule has 0 bridgehead atoms. The Hall–Kier alpha value is -1.51. The van der Waals surface area contributed by atoms with Crippen molar-refractivity contribution in [1.82, 2.24) is 0 Å². The van der Waals surface area contributed by atoms with Crippen LogP contribution in [0.1, 0.15) is 14.5 Å². The van der Waals surface area contributed by atoms with Crippen LogP contribution in [-0.4, -0.2) is 11.1 Å². The van der Waals surface area contributed by atoms with Crippen molar-refractivity contribution in [2.24, 2.45) is 0 Å². The first kappa shape index (κ1) is 3.61. The number of aromatic carboxylic acids is 1. The highest BCUT2D eigenvalue weighted by Gasteiger charge is 2.03. The summed E-state index contributed by atoms with van der Waals surface area (Å²) >= 11 is 0. The predicted octanol–water partition coefficient (Wildman–Crippen LogP) is 0.967. The number of carbonyl (C=O) groups is 1. The van der Waals surface area contributed by atoms with Gasteiger partial charge in [-0.1, -0.05) is 12.1 Å². The highest BCUT2D eigenvalue weighted by molar-refractivity contribution is 5.93. The van der Waals surface area contributed by atoms with Crippen molar-refractivity contribution in [2.75, 3.05) is 5.73 Å². The second-order valence-electron chi connectivity index (χ2n) is 1.67. The molecule has 0 heterocycles. The Morgan fingerprint density at radius 3 is 3.00 bits per heavy atom. The normalized spacial score (nSPS) is 13.4. The molecule has 0 spiro atoms. The summed E-state index contributed by atoms with van der Waals surface area (Å²) in [5, 5.41) is 8.60. The van der Waals surface area contributed by atoms with Gasteiger partial charge in [-0.15, -0.1) is 0 Å². The first-order valence-electron chi connectivity index (χ1n) is 4.04. The zero-order valence-electron chi connectivity index (χ0n) is 8.01. The van der Waals surface area contributed by atoms with Crippen LogP contribution in [0, 0.1) is 0 Å². The highest BCUT2D eigenvalue weighted by atomic mass is 16.4. The molecule has 10 heavy (non-hydrogen) atoms. The van der Waals surface area contributed by atoms with Crippen molar-refractivity contribution in [3.63, 3.8) is 0 Å². The Bertz CT molecular complexity index is 378. The van der Waals surface area contributed by atoms with Crippen LogP contribution < -0.4 is 5.73 Å². The van der Waals surface area contributed by atoms with Gasteiger partial charge < -0.3 is 10.8 Å². The van der Waals surface area contributed by atoms with Crippen LogP contribution in [0.15, 0.2) is 24.2 Å². The van der Waals surface area contributed by atoms with E-state index in [2.05, 4.69) is 0 Å². The Morgan fingerprint density at radius 2 is 2.40 bits per heavy atom. The predicted molar refractivity (Wildman–Crippen MR) is 37.8 cm³/mol. The summed E-state index contributed by atoms with van der Waals surface area (Å²) in [5.41, 5.74) is 4.71. The lowest BCUT2D eigenvalue weighted by molar-refractivity contribution is 0.0698. The number of para-hydroxylation sites is 1. The molecule has 52 valence electrons. The summed E-state index contributed by atoms with van der Waals surface area (Å²) in [5.74, 6) is -1.29. The van der Waals surface area contributed by atoms with Gasteiger partial charge in [0.1, 0.15) is 0 Å². The molecule has 1 rings (SSSR count). The lowest BCUT2D eigenvalue weighted by atomic mass is 10.2. The van der Waals surface area contributed by atoms with E-state index in [-0.39, 0.29) is 23.3 Å². The second-order valence-corrected chi connectivity index (χ2v) is 1.67. The summed E-state index contributed by atoms with van der Waals surface area (Å²) in [4.78, 5) is 10.5. The van der Waals surface area contributed by atoms with Gasteiger partial charge in [0, 0.05) is 5.69 Å². The number of hydrogen-bond donors (Lipinski definition) is 2. The first-order chi connectivity index (χ1) is 5.95. The summed E-state index contributed by atoms with van der Waals surface area (Å²) < 4.78 is 21.6. The zero-order chi connectivity index (χ0) is 10.2. The molecule has 0 atom stereocenters. The fraction of sp³-hybridized carbons (Fsp3) is 0. The van der Waals surface area contributed by atoms with Crippen LogP contribution in [-0.2, 0) is 0 Å². The van der Waals surface area contributed by atoms with Crippen LogP contribution >= 0.6 is 0 Å². The van der Waals surface area contributed by atoms with Gasteiger partial charge in [0.15, 0.2) is 0 Å². The monoisotopic (exact) mass is 140 g/mol. The minimum atomic E-state index is -1.29. The number of nitrogens with two attached hydrogens (primary N) is 1. The van der Waals surface area contributed by atoms with E-state index >= 15 is 0 Å². The van der Waals surface area contributed by atoms with Crippen LogP contribution in [0.2, 0.25) is 0 Å². The molecule has 0 aliphatic heterocycles. The molecule has 0 fully saturated rings. The van der Waals surface area contributed by atoms with E-state index in [1.54, 1.807) is 0 Å². The minimum absolute atomic E-state index is 0.270. The Morgan fingerprint density at radius 1 is 1.70 bits per heavy atom. The number of nitrogen functional groups attached to an aromatic ring is 1. The molecule has 0 saturated heterocycles. The van der Waals surface area contributed by atoms with Gasteiger partial charge in [-0.25, -0.2) is 4.79 Å². The van der Waals surface area contributed by atoms with Gasteiger partial charge in [0.2, 0.25) is 0 Å². The van der Waals surface area contributed by atoms with Gasteiger partial charge in [-0.3, -0.25) is 0 Å². The van der Waals surface area contributed by atoms with Gasteiger partial charge >= 0.3 is 5.97 Å². The summed E-state index contributed by atoms with van der Waals surface area (Å²) in [7, 11) is 0.